The monoisotopic (exact) mass is 394 g/mol. The molecule has 3 aromatic rings. The number of hydrogen-bond donors (Lipinski definition) is 1. The van der Waals surface area contributed by atoms with Crippen molar-refractivity contribution in [3.63, 3.8) is 0 Å². The van der Waals surface area contributed by atoms with E-state index >= 15 is 0 Å². The Morgan fingerprint density at radius 1 is 1.11 bits per heavy atom. The largest absolute Gasteiger partial charge is 0.491 e. The second kappa shape index (κ2) is 7.52. The Morgan fingerprint density at radius 3 is 2.68 bits per heavy atom. The fourth-order valence-electron chi connectivity index (χ4n) is 3.58. The molecular weight excluding hydrogens is 376 g/mol. The minimum absolute atomic E-state index is 0.209. The molecule has 0 aromatic heterocycles. The van der Waals surface area contributed by atoms with E-state index in [1.807, 2.05) is 48.5 Å². The van der Waals surface area contributed by atoms with Crippen LogP contribution in [0.25, 0.3) is 10.8 Å². The lowest BCUT2D eigenvalue weighted by atomic mass is 10.1. The molecule has 1 heterocycles. The third kappa shape index (κ3) is 3.29. The van der Waals surface area contributed by atoms with Crippen LogP contribution >= 0.6 is 11.6 Å². The van der Waals surface area contributed by atoms with Gasteiger partial charge in [-0.3, -0.25) is 9.59 Å². The summed E-state index contributed by atoms with van der Waals surface area (Å²) in [5.41, 5.74) is 1.34. The number of nitrogens with zero attached hydrogens (tertiary/aromatic N) is 1. The van der Waals surface area contributed by atoms with Crippen LogP contribution in [0.1, 0.15) is 18.5 Å². The third-order valence-electron chi connectivity index (χ3n) is 4.78. The summed E-state index contributed by atoms with van der Waals surface area (Å²) in [5, 5.41) is 5.30. The van der Waals surface area contributed by atoms with Crippen LogP contribution < -0.4 is 15.0 Å². The maximum absolute atomic E-state index is 12.9. The minimum Gasteiger partial charge on any atom is -0.491 e. The van der Waals surface area contributed by atoms with Gasteiger partial charge >= 0.3 is 0 Å². The maximum Gasteiger partial charge on any atom is 0.254 e. The second-order valence-corrected chi connectivity index (χ2v) is 7.03. The van der Waals surface area contributed by atoms with Gasteiger partial charge in [-0.05, 0) is 17.5 Å². The fourth-order valence-corrected chi connectivity index (χ4v) is 3.87. The quantitative estimate of drug-likeness (QED) is 0.708. The van der Waals surface area contributed by atoms with Gasteiger partial charge in [-0.1, -0.05) is 60.1 Å². The molecule has 28 heavy (non-hydrogen) atoms. The second-order valence-electron chi connectivity index (χ2n) is 6.63. The van der Waals surface area contributed by atoms with Crippen LogP contribution in [0.4, 0.5) is 5.69 Å². The number of nitrogens with one attached hydrogen (secondary N) is 1. The van der Waals surface area contributed by atoms with Crippen molar-refractivity contribution in [1.29, 1.82) is 0 Å². The van der Waals surface area contributed by atoms with Crippen molar-refractivity contribution in [2.75, 3.05) is 18.1 Å². The molecule has 5 nitrogen and oxygen atoms in total. The zero-order chi connectivity index (χ0) is 19.7. The van der Waals surface area contributed by atoms with Gasteiger partial charge in [0, 0.05) is 17.9 Å². The van der Waals surface area contributed by atoms with E-state index in [9.17, 15) is 9.59 Å². The number of para-hydroxylation sites is 1. The summed E-state index contributed by atoms with van der Waals surface area (Å²) in [7, 11) is 0. The van der Waals surface area contributed by atoms with Gasteiger partial charge in [0.25, 0.3) is 5.91 Å². The first-order valence-electron chi connectivity index (χ1n) is 9.03. The molecular formula is C22H19ClN2O3. The van der Waals surface area contributed by atoms with E-state index in [2.05, 4.69) is 5.32 Å². The molecule has 1 unspecified atom stereocenters. The molecule has 142 valence electrons. The Balaban J connectivity index is 1.55. The molecule has 1 aliphatic rings. The van der Waals surface area contributed by atoms with Crippen LogP contribution in [-0.2, 0) is 9.59 Å². The van der Waals surface area contributed by atoms with Gasteiger partial charge in [0.05, 0.1) is 17.3 Å². The van der Waals surface area contributed by atoms with Gasteiger partial charge < -0.3 is 15.0 Å². The van der Waals surface area contributed by atoms with E-state index in [0.29, 0.717) is 29.4 Å². The summed E-state index contributed by atoms with van der Waals surface area (Å²) < 4.78 is 5.98. The highest BCUT2D eigenvalue weighted by Gasteiger charge is 2.39. The first-order chi connectivity index (χ1) is 13.6. The van der Waals surface area contributed by atoms with Gasteiger partial charge in [0.1, 0.15) is 18.4 Å². The molecule has 1 atom stereocenters. The lowest BCUT2D eigenvalue weighted by molar-refractivity contribution is -0.126. The van der Waals surface area contributed by atoms with E-state index in [-0.39, 0.29) is 11.8 Å². The van der Waals surface area contributed by atoms with E-state index in [1.54, 1.807) is 17.0 Å². The van der Waals surface area contributed by atoms with E-state index in [4.69, 9.17) is 16.3 Å². The number of rotatable bonds is 5. The number of halogens is 1. The molecule has 0 bridgehead atoms. The first-order valence-corrected chi connectivity index (χ1v) is 9.41. The van der Waals surface area contributed by atoms with Crippen LogP contribution in [0.5, 0.6) is 5.75 Å². The molecule has 0 saturated heterocycles. The number of carbonyl (C=O) groups is 2. The van der Waals surface area contributed by atoms with Crippen molar-refractivity contribution in [2.24, 2.45) is 0 Å². The average molecular weight is 395 g/mol. The predicted molar refractivity (Wildman–Crippen MR) is 110 cm³/mol. The molecule has 3 aromatic carbocycles. The molecule has 1 aliphatic heterocycles. The zero-order valence-electron chi connectivity index (χ0n) is 15.3. The smallest absolute Gasteiger partial charge is 0.254 e. The highest BCUT2D eigenvalue weighted by atomic mass is 35.5. The molecule has 0 aliphatic carbocycles. The summed E-state index contributed by atoms with van der Waals surface area (Å²) in [4.78, 5) is 26.0. The first kappa shape index (κ1) is 18.3. The Hall–Kier alpha value is -3.05. The summed E-state index contributed by atoms with van der Waals surface area (Å²) in [5.74, 6) is 0.292. The van der Waals surface area contributed by atoms with Crippen molar-refractivity contribution in [2.45, 2.75) is 13.0 Å². The van der Waals surface area contributed by atoms with Gasteiger partial charge in [-0.2, -0.15) is 0 Å². The van der Waals surface area contributed by atoms with Crippen LogP contribution in [0.3, 0.4) is 0 Å². The lowest BCUT2D eigenvalue weighted by Crippen LogP contribution is -2.38. The molecule has 0 spiro atoms. The Kier molecular flexibility index (Phi) is 4.92. The van der Waals surface area contributed by atoms with Crippen LogP contribution in [0.15, 0.2) is 60.7 Å². The molecule has 0 fully saturated rings. The number of ether oxygens (including phenoxy) is 1. The number of hydrogen-bond acceptors (Lipinski definition) is 3. The molecule has 4 rings (SSSR count). The summed E-state index contributed by atoms with van der Waals surface area (Å²) in [6.07, 6.45) is 0. The van der Waals surface area contributed by atoms with Crippen molar-refractivity contribution in [1.82, 2.24) is 5.32 Å². The standard InChI is InChI=1S/C22H19ClN2O3/c1-14(26)24-20-17-9-5-10-18(23)21(17)25(22(20)27)12-13-28-19-11-4-7-15-6-2-3-8-16(15)19/h2-11,20H,12-13H2,1H3,(H,24,26). The normalized spacial score (nSPS) is 15.6. The number of benzene rings is 3. The van der Waals surface area contributed by atoms with Crippen LogP contribution in [-0.4, -0.2) is 25.0 Å². The number of anilines is 1. The van der Waals surface area contributed by atoms with E-state index in [0.717, 1.165) is 16.5 Å². The number of amides is 2. The summed E-state index contributed by atoms with van der Waals surface area (Å²) >= 11 is 6.36. The lowest BCUT2D eigenvalue weighted by Gasteiger charge is -2.19. The van der Waals surface area contributed by atoms with E-state index in [1.165, 1.54) is 6.92 Å². The summed E-state index contributed by atoms with van der Waals surface area (Å²) in [6.45, 7) is 2.02. The minimum atomic E-state index is -0.719. The molecule has 1 N–H and O–H groups in total. The predicted octanol–water partition coefficient (Wildman–Crippen LogP) is 4.10. The Labute approximate surface area is 167 Å². The third-order valence-corrected chi connectivity index (χ3v) is 5.09. The van der Waals surface area contributed by atoms with Gasteiger partial charge in [-0.25, -0.2) is 0 Å². The molecule has 2 amide bonds. The Morgan fingerprint density at radius 2 is 1.86 bits per heavy atom. The van der Waals surface area contributed by atoms with Crippen molar-refractivity contribution < 1.29 is 14.3 Å². The molecule has 6 heteroatoms. The fraction of sp³-hybridized carbons (Fsp3) is 0.182. The van der Waals surface area contributed by atoms with Crippen molar-refractivity contribution >= 4 is 39.9 Å². The van der Waals surface area contributed by atoms with E-state index < -0.39 is 6.04 Å². The van der Waals surface area contributed by atoms with Gasteiger partial charge in [0.15, 0.2) is 0 Å². The number of carbonyl (C=O) groups excluding carboxylic acids is 2. The SMILES string of the molecule is CC(=O)NC1C(=O)N(CCOc2cccc3ccccc23)c2c(Cl)cccc21. The van der Waals surface area contributed by atoms with Crippen LogP contribution in [0.2, 0.25) is 5.02 Å². The average Bonchev–Trinajstić information content (AvgIpc) is 2.95. The summed E-state index contributed by atoms with van der Waals surface area (Å²) in [6, 6.07) is 18.5. The van der Waals surface area contributed by atoms with Gasteiger partial charge in [-0.15, -0.1) is 0 Å². The Bertz CT molecular complexity index is 1060. The highest BCUT2D eigenvalue weighted by Crippen LogP contribution is 2.40. The topological polar surface area (TPSA) is 58.6 Å². The van der Waals surface area contributed by atoms with Crippen LogP contribution in [0, 0.1) is 0 Å². The maximum atomic E-state index is 12.9. The zero-order valence-corrected chi connectivity index (χ0v) is 16.1. The molecule has 0 saturated carbocycles. The van der Waals surface area contributed by atoms with Crippen molar-refractivity contribution in [3.8, 4) is 5.75 Å². The van der Waals surface area contributed by atoms with Gasteiger partial charge in [0.2, 0.25) is 5.91 Å². The van der Waals surface area contributed by atoms with Crippen molar-refractivity contribution in [3.05, 3.63) is 71.2 Å². The highest BCUT2D eigenvalue weighted by molar-refractivity contribution is 6.34. The number of fused-ring (bicyclic) bond motifs is 2. The molecule has 0 radical (unpaired) electrons.